The lowest BCUT2D eigenvalue weighted by Gasteiger charge is -2.20. The van der Waals surface area contributed by atoms with Gasteiger partial charge in [0.2, 0.25) is 0 Å². The number of aliphatic carboxylic acids is 1. The second-order valence-corrected chi connectivity index (χ2v) is 4.65. The van der Waals surface area contributed by atoms with Crippen LogP contribution in [-0.2, 0) is 4.79 Å². The Balaban J connectivity index is 2.30. The Morgan fingerprint density at radius 3 is 2.76 bits per heavy atom. The number of benzene rings is 1. The molecule has 4 heteroatoms. The molecular weight excluding hydrogens is 221 g/mol. The number of carboxylic acids is 1. The van der Waals surface area contributed by atoms with Gasteiger partial charge in [0.25, 0.3) is 0 Å². The number of hydrogen-bond donors (Lipinski definition) is 1. The molecule has 1 heterocycles. The van der Waals surface area contributed by atoms with E-state index in [0.29, 0.717) is 12.1 Å². The standard InChI is InChI=1S/C13H16FNO2/c1-15-7-6-9(8-15)12(13(16)17)10-4-2-3-5-11(10)14/h2-5,9,12H,6-8H2,1H3,(H,16,17). The summed E-state index contributed by atoms with van der Waals surface area (Å²) in [7, 11) is 1.96. The van der Waals surface area contributed by atoms with Gasteiger partial charge >= 0.3 is 5.97 Å². The normalized spacial score (nSPS) is 22.6. The largest absolute Gasteiger partial charge is 0.481 e. The van der Waals surface area contributed by atoms with Crippen LogP contribution in [0.1, 0.15) is 17.9 Å². The van der Waals surface area contributed by atoms with Gasteiger partial charge in [-0.2, -0.15) is 0 Å². The first-order valence-electron chi connectivity index (χ1n) is 5.75. The minimum atomic E-state index is -0.935. The first-order chi connectivity index (χ1) is 8.09. The fraction of sp³-hybridized carbons (Fsp3) is 0.462. The molecule has 1 fully saturated rings. The number of carbonyl (C=O) groups is 1. The molecule has 0 aliphatic carbocycles. The average molecular weight is 237 g/mol. The number of halogens is 1. The molecule has 17 heavy (non-hydrogen) atoms. The number of hydrogen-bond acceptors (Lipinski definition) is 2. The van der Waals surface area contributed by atoms with Crippen LogP contribution in [0.2, 0.25) is 0 Å². The Bertz CT molecular complexity index is 422. The molecular formula is C13H16FNO2. The molecule has 2 unspecified atom stereocenters. The second kappa shape index (κ2) is 4.84. The van der Waals surface area contributed by atoms with Gasteiger partial charge in [0, 0.05) is 12.1 Å². The summed E-state index contributed by atoms with van der Waals surface area (Å²) < 4.78 is 13.7. The summed E-state index contributed by atoms with van der Waals surface area (Å²) >= 11 is 0. The van der Waals surface area contributed by atoms with E-state index in [2.05, 4.69) is 4.90 Å². The molecule has 0 amide bonds. The highest BCUT2D eigenvalue weighted by molar-refractivity contribution is 5.76. The minimum absolute atomic E-state index is 0.00519. The predicted molar refractivity (Wildman–Crippen MR) is 62.4 cm³/mol. The highest BCUT2D eigenvalue weighted by Gasteiger charge is 2.35. The summed E-state index contributed by atoms with van der Waals surface area (Å²) in [5, 5.41) is 9.31. The van der Waals surface area contributed by atoms with Crippen LogP contribution in [0.25, 0.3) is 0 Å². The topological polar surface area (TPSA) is 40.5 Å². The first kappa shape index (κ1) is 12.0. The van der Waals surface area contributed by atoms with E-state index in [1.54, 1.807) is 18.2 Å². The molecule has 92 valence electrons. The van der Waals surface area contributed by atoms with Crippen molar-refractivity contribution in [1.29, 1.82) is 0 Å². The fourth-order valence-electron chi connectivity index (χ4n) is 2.56. The van der Waals surface area contributed by atoms with Gasteiger partial charge in [0.05, 0.1) is 5.92 Å². The molecule has 1 aliphatic rings. The molecule has 0 radical (unpaired) electrons. The monoisotopic (exact) mass is 237 g/mol. The quantitative estimate of drug-likeness (QED) is 0.873. The van der Waals surface area contributed by atoms with Crippen LogP contribution in [0.15, 0.2) is 24.3 Å². The Kier molecular flexibility index (Phi) is 3.43. The molecule has 0 aromatic heterocycles. The molecule has 3 nitrogen and oxygen atoms in total. The third-order valence-electron chi connectivity index (χ3n) is 3.41. The van der Waals surface area contributed by atoms with E-state index in [1.165, 1.54) is 6.07 Å². The SMILES string of the molecule is CN1CCC(C(C(=O)O)c2ccccc2F)C1. The van der Waals surface area contributed by atoms with Gasteiger partial charge < -0.3 is 10.0 Å². The molecule has 1 aromatic rings. The maximum atomic E-state index is 13.7. The highest BCUT2D eigenvalue weighted by Crippen LogP contribution is 2.33. The molecule has 2 rings (SSSR count). The predicted octanol–water partition coefficient (Wildman–Crippen LogP) is 1.95. The van der Waals surface area contributed by atoms with E-state index >= 15 is 0 Å². The van der Waals surface area contributed by atoms with Crippen molar-refractivity contribution < 1.29 is 14.3 Å². The molecule has 2 atom stereocenters. The van der Waals surface area contributed by atoms with Gasteiger partial charge in [-0.1, -0.05) is 18.2 Å². The van der Waals surface area contributed by atoms with Crippen molar-refractivity contribution in [3.8, 4) is 0 Å². The Morgan fingerprint density at radius 1 is 1.53 bits per heavy atom. The average Bonchev–Trinajstić information content (AvgIpc) is 2.68. The van der Waals surface area contributed by atoms with Gasteiger partial charge in [-0.3, -0.25) is 4.79 Å². The van der Waals surface area contributed by atoms with E-state index in [-0.39, 0.29) is 5.92 Å². The Morgan fingerprint density at radius 2 is 2.24 bits per heavy atom. The zero-order chi connectivity index (χ0) is 12.4. The maximum absolute atomic E-state index is 13.7. The maximum Gasteiger partial charge on any atom is 0.311 e. The van der Waals surface area contributed by atoms with Crippen molar-refractivity contribution in [2.24, 2.45) is 5.92 Å². The summed E-state index contributed by atoms with van der Waals surface area (Å²) in [6, 6.07) is 6.17. The smallest absolute Gasteiger partial charge is 0.311 e. The van der Waals surface area contributed by atoms with Crippen LogP contribution in [0.5, 0.6) is 0 Å². The lowest BCUT2D eigenvalue weighted by molar-refractivity contribution is -0.140. The summed E-state index contributed by atoms with van der Waals surface area (Å²) in [5.74, 6) is -2.10. The summed E-state index contributed by atoms with van der Waals surface area (Å²) in [4.78, 5) is 13.4. The number of nitrogens with zero attached hydrogens (tertiary/aromatic N) is 1. The van der Waals surface area contributed by atoms with E-state index in [1.807, 2.05) is 7.05 Å². The van der Waals surface area contributed by atoms with Crippen molar-refractivity contribution in [3.63, 3.8) is 0 Å². The van der Waals surface area contributed by atoms with Gasteiger partial charge in [-0.05, 0) is 32.0 Å². The molecule has 0 spiro atoms. The lowest BCUT2D eigenvalue weighted by atomic mass is 9.85. The summed E-state index contributed by atoms with van der Waals surface area (Å²) in [6.07, 6.45) is 0.807. The van der Waals surface area contributed by atoms with Crippen LogP contribution in [-0.4, -0.2) is 36.1 Å². The third-order valence-corrected chi connectivity index (χ3v) is 3.41. The van der Waals surface area contributed by atoms with Crippen molar-refractivity contribution in [2.45, 2.75) is 12.3 Å². The van der Waals surface area contributed by atoms with Gasteiger partial charge in [-0.15, -0.1) is 0 Å². The molecule has 1 N–H and O–H groups in total. The van der Waals surface area contributed by atoms with Crippen molar-refractivity contribution in [2.75, 3.05) is 20.1 Å². The zero-order valence-electron chi connectivity index (χ0n) is 9.77. The van der Waals surface area contributed by atoms with Gasteiger partial charge in [0.1, 0.15) is 5.82 Å². The van der Waals surface area contributed by atoms with Gasteiger partial charge in [0.15, 0.2) is 0 Å². The van der Waals surface area contributed by atoms with Gasteiger partial charge in [-0.25, -0.2) is 4.39 Å². The van der Waals surface area contributed by atoms with Crippen LogP contribution in [0, 0.1) is 11.7 Å². The van der Waals surface area contributed by atoms with Crippen LogP contribution >= 0.6 is 0 Å². The van der Waals surface area contributed by atoms with Crippen molar-refractivity contribution in [3.05, 3.63) is 35.6 Å². The highest BCUT2D eigenvalue weighted by atomic mass is 19.1. The fourth-order valence-corrected chi connectivity index (χ4v) is 2.56. The number of likely N-dealkylation sites (tertiary alicyclic amines) is 1. The number of carboxylic acid groups (broad SMARTS) is 1. The summed E-state index contributed by atoms with van der Waals surface area (Å²) in [5.41, 5.74) is 0.306. The van der Waals surface area contributed by atoms with E-state index in [9.17, 15) is 14.3 Å². The van der Waals surface area contributed by atoms with E-state index in [0.717, 1.165) is 13.0 Å². The van der Waals surface area contributed by atoms with Crippen LogP contribution in [0.3, 0.4) is 0 Å². The lowest BCUT2D eigenvalue weighted by Crippen LogP contribution is -2.25. The minimum Gasteiger partial charge on any atom is -0.481 e. The first-order valence-corrected chi connectivity index (χ1v) is 5.75. The van der Waals surface area contributed by atoms with Crippen LogP contribution < -0.4 is 0 Å². The zero-order valence-corrected chi connectivity index (χ0v) is 9.77. The number of rotatable bonds is 3. The molecule has 0 saturated carbocycles. The molecule has 1 aromatic carbocycles. The Hall–Kier alpha value is -1.42. The van der Waals surface area contributed by atoms with Crippen molar-refractivity contribution >= 4 is 5.97 Å². The van der Waals surface area contributed by atoms with Crippen LogP contribution in [0.4, 0.5) is 4.39 Å². The third kappa shape index (κ3) is 2.47. The molecule has 1 saturated heterocycles. The van der Waals surface area contributed by atoms with E-state index < -0.39 is 17.7 Å². The van der Waals surface area contributed by atoms with E-state index in [4.69, 9.17) is 0 Å². The summed E-state index contributed by atoms with van der Waals surface area (Å²) in [6.45, 7) is 1.59. The molecule has 1 aliphatic heterocycles. The van der Waals surface area contributed by atoms with Crippen molar-refractivity contribution in [1.82, 2.24) is 4.90 Å². The molecule has 0 bridgehead atoms. The second-order valence-electron chi connectivity index (χ2n) is 4.65. The Labute approximate surface area is 99.9 Å².